The lowest BCUT2D eigenvalue weighted by Gasteiger charge is -2.00. The van der Waals surface area contributed by atoms with E-state index in [1.54, 1.807) is 30.5 Å². The van der Waals surface area contributed by atoms with Crippen molar-refractivity contribution in [1.82, 2.24) is 20.4 Å². The number of hydrogen-bond donors (Lipinski definition) is 1. The Morgan fingerprint density at radius 2 is 2.05 bits per heavy atom. The number of aromatic nitrogens is 3. The molecule has 1 amide bonds. The van der Waals surface area contributed by atoms with E-state index < -0.39 is 0 Å². The largest absolute Gasteiger partial charge is 0.343 e. The number of amides is 1. The third-order valence-corrected chi connectivity index (χ3v) is 2.89. The minimum Gasteiger partial charge on any atom is -0.343 e. The van der Waals surface area contributed by atoms with Gasteiger partial charge in [0.25, 0.3) is 5.91 Å². The van der Waals surface area contributed by atoms with Gasteiger partial charge in [0.15, 0.2) is 0 Å². The van der Waals surface area contributed by atoms with Crippen molar-refractivity contribution in [2.45, 2.75) is 6.54 Å². The molecule has 1 aromatic carbocycles. The van der Waals surface area contributed by atoms with Gasteiger partial charge in [-0.1, -0.05) is 5.16 Å². The molecule has 0 spiro atoms. The lowest BCUT2D eigenvalue weighted by Crippen LogP contribution is -2.22. The molecule has 0 unspecified atom stereocenters. The molecule has 1 N–H and O–H groups in total. The molecule has 110 valence electrons. The number of rotatable bonds is 4. The number of carbonyl (C=O) groups is 1. The van der Waals surface area contributed by atoms with Crippen molar-refractivity contribution < 1.29 is 13.7 Å². The second-order valence-corrected chi connectivity index (χ2v) is 4.44. The van der Waals surface area contributed by atoms with E-state index in [1.807, 2.05) is 0 Å². The first-order valence-electron chi connectivity index (χ1n) is 6.49. The van der Waals surface area contributed by atoms with E-state index >= 15 is 0 Å². The molecule has 0 saturated carbocycles. The van der Waals surface area contributed by atoms with Gasteiger partial charge in [0.1, 0.15) is 5.82 Å². The highest BCUT2D eigenvalue weighted by Gasteiger charge is 2.11. The Kier molecular flexibility index (Phi) is 3.86. The normalized spacial score (nSPS) is 10.4. The summed E-state index contributed by atoms with van der Waals surface area (Å²) < 4.78 is 17.9. The minimum absolute atomic E-state index is 0.0991. The molecule has 2 heterocycles. The number of benzene rings is 1. The fraction of sp³-hybridized carbons (Fsp3) is 0.0667. The third-order valence-electron chi connectivity index (χ3n) is 2.89. The van der Waals surface area contributed by atoms with Gasteiger partial charge in [0.05, 0.1) is 12.1 Å². The summed E-state index contributed by atoms with van der Waals surface area (Å²) in [7, 11) is 0. The summed E-state index contributed by atoms with van der Waals surface area (Å²) in [6.07, 6.45) is 3.05. The predicted molar refractivity (Wildman–Crippen MR) is 75.1 cm³/mol. The van der Waals surface area contributed by atoms with Crippen molar-refractivity contribution in [2.24, 2.45) is 0 Å². The van der Waals surface area contributed by atoms with Crippen LogP contribution in [0.15, 0.2) is 53.3 Å². The van der Waals surface area contributed by atoms with Gasteiger partial charge in [-0.3, -0.25) is 9.78 Å². The SMILES string of the molecule is O=C(NCc1nc(-c2ccc(F)cc2)no1)c1cccnc1. The summed E-state index contributed by atoms with van der Waals surface area (Å²) in [6, 6.07) is 9.07. The molecule has 3 aromatic rings. The van der Waals surface area contributed by atoms with Crippen LogP contribution in [0.5, 0.6) is 0 Å². The van der Waals surface area contributed by atoms with Crippen LogP contribution < -0.4 is 5.32 Å². The second kappa shape index (κ2) is 6.13. The van der Waals surface area contributed by atoms with Crippen LogP contribution in [0.4, 0.5) is 4.39 Å². The Hall–Kier alpha value is -3.09. The Balaban J connectivity index is 1.65. The molecule has 0 aliphatic heterocycles. The third kappa shape index (κ3) is 3.14. The smallest absolute Gasteiger partial charge is 0.253 e. The number of halogens is 1. The highest BCUT2D eigenvalue weighted by atomic mass is 19.1. The molecule has 0 atom stereocenters. The van der Waals surface area contributed by atoms with E-state index in [0.717, 1.165) is 0 Å². The predicted octanol–water partition coefficient (Wildman–Crippen LogP) is 2.20. The van der Waals surface area contributed by atoms with Gasteiger partial charge in [0, 0.05) is 18.0 Å². The van der Waals surface area contributed by atoms with Crippen LogP contribution in [0.2, 0.25) is 0 Å². The van der Waals surface area contributed by atoms with Gasteiger partial charge < -0.3 is 9.84 Å². The summed E-state index contributed by atoms with van der Waals surface area (Å²) in [5.41, 5.74) is 1.08. The van der Waals surface area contributed by atoms with Gasteiger partial charge >= 0.3 is 0 Å². The lowest BCUT2D eigenvalue weighted by atomic mass is 10.2. The summed E-state index contributed by atoms with van der Waals surface area (Å²) >= 11 is 0. The summed E-state index contributed by atoms with van der Waals surface area (Å²) in [5, 5.41) is 6.45. The molecule has 0 bridgehead atoms. The Labute approximate surface area is 125 Å². The van der Waals surface area contributed by atoms with Crippen LogP contribution in [0, 0.1) is 5.82 Å². The van der Waals surface area contributed by atoms with Crippen LogP contribution in [0.25, 0.3) is 11.4 Å². The second-order valence-electron chi connectivity index (χ2n) is 4.44. The first-order valence-corrected chi connectivity index (χ1v) is 6.49. The Bertz CT molecular complexity index is 772. The standard InChI is InChI=1S/C15H11FN4O2/c16-12-5-3-10(4-6-12)14-19-13(22-20-14)9-18-15(21)11-2-1-7-17-8-11/h1-8H,9H2,(H,18,21). The molecule has 6 nitrogen and oxygen atoms in total. The molecular weight excluding hydrogens is 287 g/mol. The van der Waals surface area contributed by atoms with Crippen molar-refractivity contribution in [3.05, 3.63) is 66.1 Å². The molecule has 2 aromatic heterocycles. The molecule has 0 aliphatic carbocycles. The van der Waals surface area contributed by atoms with Crippen LogP contribution >= 0.6 is 0 Å². The fourth-order valence-electron chi connectivity index (χ4n) is 1.80. The van der Waals surface area contributed by atoms with Crippen LogP contribution in [0.3, 0.4) is 0 Å². The quantitative estimate of drug-likeness (QED) is 0.798. The average Bonchev–Trinajstić information content (AvgIpc) is 3.03. The highest BCUT2D eigenvalue weighted by molar-refractivity contribution is 5.93. The van der Waals surface area contributed by atoms with E-state index in [0.29, 0.717) is 17.0 Å². The fourth-order valence-corrected chi connectivity index (χ4v) is 1.80. The zero-order valence-electron chi connectivity index (χ0n) is 11.4. The van der Waals surface area contributed by atoms with Crippen LogP contribution in [-0.2, 0) is 6.54 Å². The Morgan fingerprint density at radius 3 is 2.77 bits per heavy atom. The molecule has 0 saturated heterocycles. The average molecular weight is 298 g/mol. The summed E-state index contributed by atoms with van der Waals surface area (Å²) in [4.78, 5) is 19.9. The lowest BCUT2D eigenvalue weighted by molar-refractivity contribution is 0.0946. The van der Waals surface area contributed by atoms with Crippen LogP contribution in [0.1, 0.15) is 16.2 Å². The van der Waals surface area contributed by atoms with Gasteiger partial charge in [-0.05, 0) is 36.4 Å². The number of pyridine rings is 1. The highest BCUT2D eigenvalue weighted by Crippen LogP contribution is 2.15. The number of nitrogens with one attached hydrogen (secondary N) is 1. The summed E-state index contributed by atoms with van der Waals surface area (Å²) in [6.45, 7) is 0.0991. The van der Waals surface area contributed by atoms with E-state index in [9.17, 15) is 9.18 Å². The zero-order chi connectivity index (χ0) is 15.4. The van der Waals surface area contributed by atoms with Gasteiger partial charge in [-0.15, -0.1) is 0 Å². The Morgan fingerprint density at radius 1 is 1.23 bits per heavy atom. The molecule has 0 radical (unpaired) electrons. The van der Waals surface area contributed by atoms with Crippen molar-refractivity contribution in [3.63, 3.8) is 0 Å². The molecular formula is C15H11FN4O2. The molecule has 7 heteroatoms. The van der Waals surface area contributed by atoms with Gasteiger partial charge in [-0.2, -0.15) is 4.98 Å². The van der Waals surface area contributed by atoms with Crippen molar-refractivity contribution in [1.29, 1.82) is 0 Å². The number of hydrogen-bond acceptors (Lipinski definition) is 5. The molecule has 22 heavy (non-hydrogen) atoms. The van der Waals surface area contributed by atoms with Crippen molar-refractivity contribution in [3.8, 4) is 11.4 Å². The van der Waals surface area contributed by atoms with Gasteiger partial charge in [-0.25, -0.2) is 4.39 Å². The van der Waals surface area contributed by atoms with E-state index in [2.05, 4.69) is 20.4 Å². The first-order chi connectivity index (χ1) is 10.7. The zero-order valence-corrected chi connectivity index (χ0v) is 11.4. The van der Waals surface area contributed by atoms with Crippen molar-refractivity contribution >= 4 is 5.91 Å². The molecule has 0 fully saturated rings. The maximum Gasteiger partial charge on any atom is 0.253 e. The maximum absolute atomic E-state index is 12.9. The number of nitrogens with zero attached hydrogens (tertiary/aromatic N) is 3. The van der Waals surface area contributed by atoms with E-state index in [1.165, 1.54) is 18.3 Å². The van der Waals surface area contributed by atoms with Crippen molar-refractivity contribution in [2.75, 3.05) is 0 Å². The minimum atomic E-state index is -0.337. The number of carbonyl (C=O) groups excluding carboxylic acids is 1. The molecule has 3 rings (SSSR count). The maximum atomic E-state index is 12.9. The monoisotopic (exact) mass is 298 g/mol. The van der Waals surface area contributed by atoms with E-state index in [-0.39, 0.29) is 24.2 Å². The molecule has 0 aliphatic rings. The topological polar surface area (TPSA) is 80.9 Å². The van der Waals surface area contributed by atoms with E-state index in [4.69, 9.17) is 4.52 Å². The summed E-state index contributed by atoms with van der Waals surface area (Å²) in [5.74, 6) is -0.0203. The van der Waals surface area contributed by atoms with Crippen LogP contribution in [-0.4, -0.2) is 21.0 Å². The first kappa shape index (κ1) is 13.9. The van der Waals surface area contributed by atoms with Gasteiger partial charge in [0.2, 0.25) is 11.7 Å².